The van der Waals surface area contributed by atoms with E-state index in [1.165, 1.54) is 28.1 Å². The van der Waals surface area contributed by atoms with E-state index < -0.39 is 0 Å². The molecule has 0 saturated carbocycles. The van der Waals surface area contributed by atoms with Gasteiger partial charge >= 0.3 is 0 Å². The highest BCUT2D eigenvalue weighted by Crippen LogP contribution is 2.41. The smallest absolute Gasteiger partial charge is 0.0746 e. The van der Waals surface area contributed by atoms with Crippen molar-refractivity contribution in [2.45, 2.75) is 38.3 Å². The van der Waals surface area contributed by atoms with E-state index in [9.17, 15) is 0 Å². The van der Waals surface area contributed by atoms with Gasteiger partial charge in [-0.2, -0.15) is 0 Å². The van der Waals surface area contributed by atoms with Gasteiger partial charge in [0.1, 0.15) is 0 Å². The Morgan fingerprint density at radius 3 is 1.86 bits per heavy atom. The molecule has 0 aliphatic carbocycles. The predicted molar refractivity (Wildman–Crippen MR) is 118 cm³/mol. The maximum Gasteiger partial charge on any atom is 0.0746 e. The average molecular weight is 369 g/mol. The van der Waals surface area contributed by atoms with Crippen LogP contribution in [0.3, 0.4) is 0 Å². The van der Waals surface area contributed by atoms with Crippen LogP contribution in [0, 0.1) is 0 Å². The number of rotatable bonds is 5. The van der Waals surface area contributed by atoms with Gasteiger partial charge in [-0.25, -0.2) is 0 Å². The second-order valence-electron chi connectivity index (χ2n) is 7.98. The van der Waals surface area contributed by atoms with E-state index in [1.807, 2.05) is 0 Å². The first-order chi connectivity index (χ1) is 13.9. The van der Waals surface area contributed by atoms with Crippen LogP contribution in [0.15, 0.2) is 78.9 Å². The zero-order chi connectivity index (χ0) is 18.9. The van der Waals surface area contributed by atoms with Crippen LogP contribution in [0.5, 0.6) is 0 Å². The van der Waals surface area contributed by atoms with E-state index in [0.717, 1.165) is 32.4 Å². The van der Waals surface area contributed by atoms with Gasteiger partial charge in [-0.05, 0) is 48.1 Å². The average Bonchev–Trinajstić information content (AvgIpc) is 3.37. The van der Waals surface area contributed by atoms with E-state index in [0.29, 0.717) is 12.1 Å². The summed E-state index contributed by atoms with van der Waals surface area (Å²) in [6.07, 6.45) is 3.43. The third-order valence-electron chi connectivity index (χ3n) is 6.51. The SMILES string of the molecule is CCC(C(c1ccccc1)N1CCc2ccccc21)N1CCc2ccccc21. The third-order valence-corrected chi connectivity index (χ3v) is 6.51. The van der Waals surface area contributed by atoms with Crippen molar-refractivity contribution < 1.29 is 0 Å². The van der Waals surface area contributed by atoms with Gasteiger partial charge in [0, 0.05) is 24.5 Å². The molecule has 28 heavy (non-hydrogen) atoms. The number of anilines is 2. The van der Waals surface area contributed by atoms with E-state index in [-0.39, 0.29) is 0 Å². The van der Waals surface area contributed by atoms with Crippen LogP contribution in [0.2, 0.25) is 0 Å². The number of hydrogen-bond acceptors (Lipinski definition) is 2. The van der Waals surface area contributed by atoms with Crippen molar-refractivity contribution in [2.24, 2.45) is 0 Å². The maximum absolute atomic E-state index is 2.67. The van der Waals surface area contributed by atoms with Gasteiger partial charge in [-0.15, -0.1) is 0 Å². The second kappa shape index (κ2) is 7.35. The normalized spacial score (nSPS) is 17.3. The summed E-state index contributed by atoms with van der Waals surface area (Å²) in [5, 5.41) is 0. The fraction of sp³-hybridized carbons (Fsp3) is 0.308. The molecule has 2 heteroatoms. The maximum atomic E-state index is 2.67. The summed E-state index contributed by atoms with van der Waals surface area (Å²) < 4.78 is 0. The highest BCUT2D eigenvalue weighted by atomic mass is 15.3. The van der Waals surface area contributed by atoms with Crippen LogP contribution in [-0.2, 0) is 12.8 Å². The lowest BCUT2D eigenvalue weighted by molar-refractivity contribution is 0.467. The van der Waals surface area contributed by atoms with Gasteiger partial charge in [0.25, 0.3) is 0 Å². The molecule has 3 aromatic rings. The fourth-order valence-corrected chi connectivity index (χ4v) is 5.24. The molecule has 0 radical (unpaired) electrons. The van der Waals surface area contributed by atoms with Crippen molar-refractivity contribution in [1.82, 2.24) is 0 Å². The lowest BCUT2D eigenvalue weighted by Gasteiger charge is -2.42. The molecule has 2 nitrogen and oxygen atoms in total. The van der Waals surface area contributed by atoms with Gasteiger partial charge in [-0.1, -0.05) is 73.7 Å². The summed E-state index contributed by atoms with van der Waals surface area (Å²) in [5.74, 6) is 0. The molecule has 0 bridgehead atoms. The predicted octanol–water partition coefficient (Wildman–Crippen LogP) is 5.63. The number of fused-ring (bicyclic) bond motifs is 2. The van der Waals surface area contributed by atoms with Gasteiger partial charge in [0.2, 0.25) is 0 Å². The molecule has 0 saturated heterocycles. The quantitative estimate of drug-likeness (QED) is 0.576. The van der Waals surface area contributed by atoms with Gasteiger partial charge < -0.3 is 9.80 Å². The Hall–Kier alpha value is -2.74. The number of benzene rings is 3. The molecule has 2 heterocycles. The highest BCUT2D eigenvalue weighted by Gasteiger charge is 2.37. The van der Waals surface area contributed by atoms with Crippen LogP contribution >= 0.6 is 0 Å². The minimum absolute atomic E-state index is 0.362. The first-order valence-corrected chi connectivity index (χ1v) is 10.6. The van der Waals surface area contributed by atoms with Gasteiger partial charge in [0.05, 0.1) is 12.1 Å². The van der Waals surface area contributed by atoms with E-state index in [1.54, 1.807) is 0 Å². The number of hydrogen-bond donors (Lipinski definition) is 0. The minimum atomic E-state index is 0.362. The standard InChI is InChI=1S/C26H28N2/c1-2-23(27-18-16-20-10-6-8-14-24(20)27)26(22-12-4-3-5-13-22)28-19-17-21-11-7-9-15-25(21)28/h3-15,23,26H,2,16-19H2,1H3. The molecule has 2 aliphatic heterocycles. The van der Waals surface area contributed by atoms with Crippen LogP contribution in [0.4, 0.5) is 11.4 Å². The Labute approximate surface area is 168 Å². The lowest BCUT2D eigenvalue weighted by Crippen LogP contribution is -2.45. The van der Waals surface area contributed by atoms with Crippen molar-refractivity contribution in [3.63, 3.8) is 0 Å². The van der Waals surface area contributed by atoms with Crippen molar-refractivity contribution in [3.8, 4) is 0 Å². The van der Waals surface area contributed by atoms with Crippen LogP contribution in [-0.4, -0.2) is 19.1 Å². The van der Waals surface area contributed by atoms with Crippen LogP contribution in [0.1, 0.15) is 36.1 Å². The Kier molecular flexibility index (Phi) is 4.56. The van der Waals surface area contributed by atoms with Crippen LogP contribution in [0.25, 0.3) is 0 Å². The Morgan fingerprint density at radius 2 is 1.21 bits per heavy atom. The summed E-state index contributed by atoms with van der Waals surface area (Å²) in [6.45, 7) is 4.57. The molecule has 0 aromatic heterocycles. The fourth-order valence-electron chi connectivity index (χ4n) is 5.24. The van der Waals surface area contributed by atoms with Crippen molar-refractivity contribution in [1.29, 1.82) is 0 Å². The summed E-state index contributed by atoms with van der Waals surface area (Å²) in [6, 6.07) is 29.9. The monoisotopic (exact) mass is 368 g/mol. The zero-order valence-corrected chi connectivity index (χ0v) is 16.6. The van der Waals surface area contributed by atoms with Crippen molar-refractivity contribution in [2.75, 3.05) is 22.9 Å². The molecule has 0 amide bonds. The molecule has 2 unspecified atom stereocenters. The zero-order valence-electron chi connectivity index (χ0n) is 16.6. The first-order valence-electron chi connectivity index (χ1n) is 10.6. The Balaban J connectivity index is 1.59. The molecule has 2 aliphatic rings. The molecule has 3 aromatic carbocycles. The first kappa shape index (κ1) is 17.4. The summed E-state index contributed by atoms with van der Waals surface area (Å²) in [7, 11) is 0. The van der Waals surface area contributed by atoms with Crippen molar-refractivity contribution >= 4 is 11.4 Å². The molecule has 0 N–H and O–H groups in total. The minimum Gasteiger partial charge on any atom is -0.366 e. The van der Waals surface area contributed by atoms with E-state index in [4.69, 9.17) is 0 Å². The summed E-state index contributed by atoms with van der Waals surface area (Å²) in [5.41, 5.74) is 7.26. The molecule has 0 fully saturated rings. The largest absolute Gasteiger partial charge is 0.366 e. The molecular formula is C26H28N2. The third kappa shape index (κ3) is 2.88. The van der Waals surface area contributed by atoms with E-state index in [2.05, 4.69) is 95.6 Å². The second-order valence-corrected chi connectivity index (χ2v) is 7.98. The lowest BCUT2D eigenvalue weighted by atomic mass is 9.94. The van der Waals surface area contributed by atoms with Crippen molar-refractivity contribution in [3.05, 3.63) is 95.6 Å². The van der Waals surface area contributed by atoms with Gasteiger partial charge in [-0.3, -0.25) is 0 Å². The Morgan fingerprint density at radius 1 is 0.679 bits per heavy atom. The van der Waals surface area contributed by atoms with E-state index >= 15 is 0 Å². The van der Waals surface area contributed by atoms with Gasteiger partial charge in [0.15, 0.2) is 0 Å². The van der Waals surface area contributed by atoms with Crippen LogP contribution < -0.4 is 9.80 Å². The number of nitrogens with zero attached hydrogens (tertiary/aromatic N) is 2. The molecule has 5 rings (SSSR count). The molecule has 142 valence electrons. The summed E-state index contributed by atoms with van der Waals surface area (Å²) in [4.78, 5) is 5.34. The number of para-hydroxylation sites is 2. The molecule has 0 spiro atoms. The molecule has 2 atom stereocenters. The highest BCUT2D eigenvalue weighted by molar-refractivity contribution is 5.63. The Bertz CT molecular complexity index is 949. The molecular weight excluding hydrogens is 340 g/mol. The summed E-state index contributed by atoms with van der Waals surface area (Å²) >= 11 is 0. The topological polar surface area (TPSA) is 6.48 Å².